The van der Waals surface area contributed by atoms with Gasteiger partial charge < -0.3 is 11.1 Å². The van der Waals surface area contributed by atoms with Gasteiger partial charge in [0.15, 0.2) is 0 Å². The van der Waals surface area contributed by atoms with Crippen molar-refractivity contribution in [3.05, 3.63) is 29.5 Å². The Kier molecular flexibility index (Phi) is 4.02. The molecular weight excluding hydrogens is 210 g/mol. The van der Waals surface area contributed by atoms with Crippen molar-refractivity contribution < 1.29 is 0 Å². The molecule has 3 N–H and O–H groups in total. The number of pyridine rings is 1. The van der Waals surface area contributed by atoms with Gasteiger partial charge in [0.1, 0.15) is 5.82 Å². The molecule has 3 nitrogen and oxygen atoms in total. The van der Waals surface area contributed by atoms with E-state index in [-0.39, 0.29) is 0 Å². The molecule has 17 heavy (non-hydrogen) atoms. The second-order valence-corrected chi connectivity index (χ2v) is 4.74. The zero-order valence-corrected chi connectivity index (χ0v) is 10.5. The molecule has 3 heteroatoms. The lowest BCUT2D eigenvalue weighted by molar-refractivity contribution is 0.679. The summed E-state index contributed by atoms with van der Waals surface area (Å²) in [6, 6.07) is 1.95. The Hall–Kier alpha value is -1.51. The van der Waals surface area contributed by atoms with Crippen LogP contribution in [0.2, 0.25) is 0 Å². The number of nitrogens with two attached hydrogens (primary N) is 1. The summed E-state index contributed by atoms with van der Waals surface area (Å²) >= 11 is 0. The van der Waals surface area contributed by atoms with Gasteiger partial charge >= 0.3 is 0 Å². The molecule has 1 heterocycles. The predicted octanol–water partition coefficient (Wildman–Crippen LogP) is 3.27. The Morgan fingerprint density at radius 1 is 1.41 bits per heavy atom. The van der Waals surface area contributed by atoms with Gasteiger partial charge in [-0.2, -0.15) is 0 Å². The minimum Gasteiger partial charge on any atom is -0.396 e. The standard InChI is InChI=1S/C14H21N3/c1-11-9-13(15)14(17-10-11)16-8-7-12-5-3-2-4-6-12/h5,9-10H,2-4,6-8,15H2,1H3,(H,16,17). The van der Waals surface area contributed by atoms with E-state index in [1.165, 1.54) is 25.7 Å². The number of nitrogens with one attached hydrogen (secondary N) is 1. The quantitative estimate of drug-likeness (QED) is 0.782. The lowest BCUT2D eigenvalue weighted by atomic mass is 9.97. The fraction of sp³-hybridized carbons (Fsp3) is 0.500. The summed E-state index contributed by atoms with van der Waals surface area (Å²) in [6.45, 7) is 2.92. The molecule has 1 aromatic rings. The molecular formula is C14H21N3. The summed E-state index contributed by atoms with van der Waals surface area (Å²) in [5, 5.41) is 3.31. The van der Waals surface area contributed by atoms with Gasteiger partial charge in [-0.15, -0.1) is 0 Å². The van der Waals surface area contributed by atoms with E-state index < -0.39 is 0 Å². The van der Waals surface area contributed by atoms with Crippen LogP contribution in [0.5, 0.6) is 0 Å². The third kappa shape index (κ3) is 3.48. The molecule has 0 fully saturated rings. The van der Waals surface area contributed by atoms with Crippen LogP contribution in [0.25, 0.3) is 0 Å². The fourth-order valence-electron chi connectivity index (χ4n) is 2.21. The Morgan fingerprint density at radius 3 is 3.00 bits per heavy atom. The maximum Gasteiger partial charge on any atom is 0.149 e. The van der Waals surface area contributed by atoms with E-state index in [4.69, 9.17) is 5.73 Å². The molecule has 0 atom stereocenters. The Balaban J connectivity index is 1.83. The highest BCUT2D eigenvalue weighted by atomic mass is 15.0. The molecule has 0 aliphatic heterocycles. The van der Waals surface area contributed by atoms with E-state index in [0.717, 1.165) is 30.0 Å². The van der Waals surface area contributed by atoms with Crippen molar-refractivity contribution in [2.24, 2.45) is 0 Å². The molecule has 0 radical (unpaired) electrons. The van der Waals surface area contributed by atoms with E-state index in [9.17, 15) is 0 Å². The average molecular weight is 231 g/mol. The SMILES string of the molecule is Cc1cnc(NCCC2=CCCCC2)c(N)c1. The second-order valence-electron chi connectivity index (χ2n) is 4.74. The molecule has 0 aromatic carbocycles. The van der Waals surface area contributed by atoms with Crippen molar-refractivity contribution >= 4 is 11.5 Å². The molecule has 0 spiro atoms. The number of hydrogen-bond acceptors (Lipinski definition) is 3. The number of rotatable bonds is 4. The molecule has 2 rings (SSSR count). The van der Waals surface area contributed by atoms with Gasteiger partial charge in [0.05, 0.1) is 5.69 Å². The molecule has 0 amide bonds. The summed E-state index contributed by atoms with van der Waals surface area (Å²) in [4.78, 5) is 4.30. The highest BCUT2D eigenvalue weighted by molar-refractivity contribution is 5.61. The molecule has 0 bridgehead atoms. The van der Waals surface area contributed by atoms with Gasteiger partial charge in [-0.05, 0) is 50.7 Å². The van der Waals surface area contributed by atoms with Crippen LogP contribution in [0.4, 0.5) is 11.5 Å². The van der Waals surface area contributed by atoms with Gasteiger partial charge in [-0.25, -0.2) is 4.98 Å². The van der Waals surface area contributed by atoms with Crippen molar-refractivity contribution in [2.75, 3.05) is 17.6 Å². The fourth-order valence-corrected chi connectivity index (χ4v) is 2.21. The first-order valence-corrected chi connectivity index (χ1v) is 6.39. The largest absolute Gasteiger partial charge is 0.396 e. The van der Waals surface area contributed by atoms with Gasteiger partial charge in [0, 0.05) is 12.7 Å². The van der Waals surface area contributed by atoms with Crippen LogP contribution >= 0.6 is 0 Å². The van der Waals surface area contributed by atoms with Crippen LogP contribution in [0.1, 0.15) is 37.7 Å². The summed E-state index contributed by atoms with van der Waals surface area (Å²) in [5.41, 5.74) is 9.32. The van der Waals surface area contributed by atoms with Crippen LogP contribution in [-0.4, -0.2) is 11.5 Å². The minimum absolute atomic E-state index is 0.739. The first-order chi connectivity index (χ1) is 8.25. The number of nitrogens with zero attached hydrogens (tertiary/aromatic N) is 1. The van der Waals surface area contributed by atoms with Crippen LogP contribution < -0.4 is 11.1 Å². The number of anilines is 2. The van der Waals surface area contributed by atoms with E-state index in [1.54, 1.807) is 5.57 Å². The normalized spacial score (nSPS) is 15.5. The maximum atomic E-state index is 5.90. The van der Waals surface area contributed by atoms with Crippen molar-refractivity contribution in [3.63, 3.8) is 0 Å². The number of nitrogen functional groups attached to an aromatic ring is 1. The van der Waals surface area contributed by atoms with Crippen LogP contribution in [0.3, 0.4) is 0 Å². The smallest absolute Gasteiger partial charge is 0.149 e. The van der Waals surface area contributed by atoms with Crippen molar-refractivity contribution in [2.45, 2.75) is 39.0 Å². The van der Waals surface area contributed by atoms with Gasteiger partial charge in [0.25, 0.3) is 0 Å². The lowest BCUT2D eigenvalue weighted by Gasteiger charge is -2.13. The highest BCUT2D eigenvalue weighted by Crippen LogP contribution is 2.21. The van der Waals surface area contributed by atoms with Crippen molar-refractivity contribution in [1.82, 2.24) is 4.98 Å². The van der Waals surface area contributed by atoms with Gasteiger partial charge in [-0.3, -0.25) is 0 Å². The van der Waals surface area contributed by atoms with Crippen LogP contribution in [0.15, 0.2) is 23.9 Å². The first-order valence-electron chi connectivity index (χ1n) is 6.39. The molecule has 0 saturated carbocycles. The van der Waals surface area contributed by atoms with Crippen LogP contribution in [0, 0.1) is 6.92 Å². The van der Waals surface area contributed by atoms with E-state index >= 15 is 0 Å². The van der Waals surface area contributed by atoms with Crippen LogP contribution in [-0.2, 0) is 0 Å². The lowest BCUT2D eigenvalue weighted by Crippen LogP contribution is -2.08. The zero-order chi connectivity index (χ0) is 12.1. The molecule has 1 aromatic heterocycles. The van der Waals surface area contributed by atoms with Crippen molar-refractivity contribution in [1.29, 1.82) is 0 Å². The monoisotopic (exact) mass is 231 g/mol. The summed E-state index contributed by atoms with van der Waals surface area (Å²) in [6.07, 6.45) is 10.5. The number of hydrogen-bond donors (Lipinski definition) is 2. The third-order valence-electron chi connectivity index (χ3n) is 3.18. The minimum atomic E-state index is 0.739. The predicted molar refractivity (Wildman–Crippen MR) is 73.0 cm³/mol. The number of aryl methyl sites for hydroxylation is 1. The topological polar surface area (TPSA) is 50.9 Å². The molecule has 0 saturated heterocycles. The Bertz CT molecular complexity index is 410. The Morgan fingerprint density at radius 2 is 2.29 bits per heavy atom. The first kappa shape index (κ1) is 12.0. The van der Waals surface area contributed by atoms with Gasteiger partial charge in [0.2, 0.25) is 0 Å². The highest BCUT2D eigenvalue weighted by Gasteiger charge is 2.04. The molecule has 0 unspecified atom stereocenters. The molecule has 1 aliphatic carbocycles. The van der Waals surface area contributed by atoms with Crippen molar-refractivity contribution in [3.8, 4) is 0 Å². The second kappa shape index (κ2) is 5.71. The van der Waals surface area contributed by atoms with E-state index in [0.29, 0.717) is 0 Å². The Labute approximate surface area is 103 Å². The van der Waals surface area contributed by atoms with Gasteiger partial charge in [-0.1, -0.05) is 11.6 Å². The summed E-state index contributed by atoms with van der Waals surface area (Å²) < 4.78 is 0. The number of allylic oxidation sites excluding steroid dienone is 1. The zero-order valence-electron chi connectivity index (χ0n) is 10.5. The van der Waals surface area contributed by atoms with E-state index in [2.05, 4.69) is 16.4 Å². The summed E-state index contributed by atoms with van der Waals surface area (Å²) in [7, 11) is 0. The maximum absolute atomic E-state index is 5.90. The number of aromatic nitrogens is 1. The van der Waals surface area contributed by atoms with E-state index in [1.807, 2.05) is 19.2 Å². The molecule has 1 aliphatic rings. The third-order valence-corrected chi connectivity index (χ3v) is 3.18. The summed E-state index contributed by atoms with van der Waals surface area (Å²) in [5.74, 6) is 0.812. The molecule has 92 valence electrons. The average Bonchev–Trinajstić information content (AvgIpc) is 2.33.